The molecular weight excluding hydrogens is 460 g/mol. The summed E-state index contributed by atoms with van der Waals surface area (Å²) in [5.41, 5.74) is 0. The van der Waals surface area contributed by atoms with Crippen molar-refractivity contribution in [1.82, 2.24) is 0 Å². The predicted octanol–water partition coefficient (Wildman–Crippen LogP) is 7.86. The zero-order valence-corrected chi connectivity index (χ0v) is 23.3. The molecule has 0 saturated heterocycles. The molecule has 4 heteroatoms. The van der Waals surface area contributed by atoms with Crippen LogP contribution in [0.2, 0.25) is 0 Å². The second-order valence-corrected chi connectivity index (χ2v) is 11.6. The van der Waals surface area contributed by atoms with Gasteiger partial charge in [-0.2, -0.15) is 0 Å². The van der Waals surface area contributed by atoms with Gasteiger partial charge in [0.2, 0.25) is 0 Å². The summed E-state index contributed by atoms with van der Waals surface area (Å²) >= 11 is 0. The molecule has 3 fully saturated rings. The number of carbonyl (C=O) groups is 2. The summed E-state index contributed by atoms with van der Waals surface area (Å²) in [6.07, 6.45) is 24.6. The summed E-state index contributed by atoms with van der Waals surface area (Å²) in [4.78, 5) is 25.2. The van der Waals surface area contributed by atoms with Crippen LogP contribution in [0.4, 0.5) is 0 Å². The third kappa shape index (κ3) is 8.72. The van der Waals surface area contributed by atoms with Crippen LogP contribution < -0.4 is 0 Å². The van der Waals surface area contributed by atoms with Gasteiger partial charge in [-0.25, -0.2) is 0 Å². The van der Waals surface area contributed by atoms with Crippen LogP contribution in [0.1, 0.15) is 84.5 Å². The van der Waals surface area contributed by atoms with Gasteiger partial charge >= 0.3 is 11.9 Å². The number of hydrogen-bond donors (Lipinski definition) is 0. The average molecular weight is 511 g/mol. The Kier molecular flexibility index (Phi) is 12.2. The van der Waals surface area contributed by atoms with Gasteiger partial charge in [-0.1, -0.05) is 63.1 Å². The summed E-state index contributed by atoms with van der Waals surface area (Å²) in [6, 6.07) is 0. The first kappa shape index (κ1) is 29.5. The molecule has 0 aromatic heterocycles. The van der Waals surface area contributed by atoms with Crippen LogP contribution in [0.15, 0.2) is 49.6 Å². The van der Waals surface area contributed by atoms with Gasteiger partial charge in [0.05, 0.1) is 25.0 Å². The van der Waals surface area contributed by atoms with Crippen molar-refractivity contribution in [2.24, 2.45) is 47.3 Å². The molecule has 0 bridgehead atoms. The van der Waals surface area contributed by atoms with Gasteiger partial charge in [0.25, 0.3) is 0 Å². The largest absolute Gasteiger partial charge is 0.465 e. The zero-order valence-electron chi connectivity index (χ0n) is 23.3. The van der Waals surface area contributed by atoms with Crippen molar-refractivity contribution in [2.45, 2.75) is 84.5 Å². The molecule has 3 saturated carbocycles. The summed E-state index contributed by atoms with van der Waals surface area (Å²) in [6.45, 7) is 13.2. The van der Waals surface area contributed by atoms with Crippen molar-refractivity contribution in [3.05, 3.63) is 49.6 Å². The molecule has 0 amide bonds. The van der Waals surface area contributed by atoms with E-state index < -0.39 is 0 Å². The molecule has 3 aliphatic rings. The van der Waals surface area contributed by atoms with Gasteiger partial charge in [-0.05, 0) is 93.3 Å². The van der Waals surface area contributed by atoms with Gasteiger partial charge in [0.15, 0.2) is 0 Å². The molecular formula is C33H50O4. The standard InChI is InChI=1S/C33H50O4/c1-5-9-17-36-32(34)30-23-27(21-28(30)8-4)14-13-25-11-12-26(19-25)15-16-29-20-24(7-3)22-31(29)33(35)37-18-10-6-2/h7-8,13-16,24-31H,3-6,9-12,17-23H2,1-2H3/b14-13+,16-15+. The Balaban J connectivity index is 1.48. The third-order valence-corrected chi connectivity index (χ3v) is 8.82. The summed E-state index contributed by atoms with van der Waals surface area (Å²) < 4.78 is 11.1. The van der Waals surface area contributed by atoms with Crippen LogP contribution in [0.5, 0.6) is 0 Å². The molecule has 0 radical (unpaired) electrons. The van der Waals surface area contributed by atoms with Crippen molar-refractivity contribution >= 4 is 11.9 Å². The van der Waals surface area contributed by atoms with Gasteiger partial charge in [0.1, 0.15) is 0 Å². The van der Waals surface area contributed by atoms with Crippen molar-refractivity contribution in [3.63, 3.8) is 0 Å². The van der Waals surface area contributed by atoms with Crippen LogP contribution in [0, 0.1) is 47.3 Å². The maximum absolute atomic E-state index is 12.7. The van der Waals surface area contributed by atoms with Crippen LogP contribution >= 0.6 is 0 Å². The van der Waals surface area contributed by atoms with E-state index in [1.165, 1.54) is 12.8 Å². The van der Waals surface area contributed by atoms with E-state index in [0.29, 0.717) is 36.9 Å². The topological polar surface area (TPSA) is 52.6 Å². The highest BCUT2D eigenvalue weighted by Gasteiger charge is 2.38. The highest BCUT2D eigenvalue weighted by molar-refractivity contribution is 5.74. The van der Waals surface area contributed by atoms with Crippen LogP contribution in [0.25, 0.3) is 0 Å². The minimum Gasteiger partial charge on any atom is -0.465 e. The zero-order chi connectivity index (χ0) is 26.6. The minimum absolute atomic E-state index is 0.0263. The number of allylic oxidation sites excluding steroid dienone is 6. The Labute approximate surface area is 225 Å². The van der Waals surface area contributed by atoms with E-state index in [4.69, 9.17) is 9.47 Å². The second-order valence-electron chi connectivity index (χ2n) is 11.6. The van der Waals surface area contributed by atoms with Gasteiger partial charge in [-0.3, -0.25) is 9.59 Å². The van der Waals surface area contributed by atoms with Crippen molar-refractivity contribution in [2.75, 3.05) is 13.2 Å². The summed E-state index contributed by atoms with van der Waals surface area (Å²) in [5, 5.41) is 0. The lowest BCUT2D eigenvalue weighted by molar-refractivity contribution is -0.150. The minimum atomic E-state index is -0.0457. The molecule has 0 heterocycles. The van der Waals surface area contributed by atoms with Gasteiger partial charge in [-0.15, -0.1) is 13.2 Å². The maximum Gasteiger partial charge on any atom is 0.309 e. The third-order valence-electron chi connectivity index (χ3n) is 8.82. The maximum atomic E-state index is 12.7. The van der Waals surface area contributed by atoms with E-state index >= 15 is 0 Å². The fourth-order valence-electron chi connectivity index (χ4n) is 6.45. The molecule has 4 nitrogen and oxygen atoms in total. The number of ether oxygens (including phenoxy) is 2. The summed E-state index contributed by atoms with van der Waals surface area (Å²) in [7, 11) is 0. The molecule has 0 aromatic carbocycles. The lowest BCUT2D eigenvalue weighted by Crippen LogP contribution is -2.21. The molecule has 8 unspecified atom stereocenters. The Morgan fingerprint density at radius 1 is 0.649 bits per heavy atom. The first-order chi connectivity index (χ1) is 18.0. The second kappa shape index (κ2) is 15.3. The molecule has 0 aromatic rings. The molecule has 0 aliphatic heterocycles. The van der Waals surface area contributed by atoms with E-state index in [0.717, 1.165) is 57.8 Å². The summed E-state index contributed by atoms with van der Waals surface area (Å²) in [5.74, 6) is 2.31. The first-order valence-electron chi connectivity index (χ1n) is 14.9. The fourth-order valence-corrected chi connectivity index (χ4v) is 6.45. The molecule has 0 spiro atoms. The Hall–Kier alpha value is -2.10. The highest BCUT2D eigenvalue weighted by atomic mass is 16.5. The van der Waals surface area contributed by atoms with Crippen LogP contribution in [-0.2, 0) is 19.1 Å². The van der Waals surface area contributed by atoms with Crippen LogP contribution in [0.3, 0.4) is 0 Å². The predicted molar refractivity (Wildman–Crippen MR) is 151 cm³/mol. The molecule has 37 heavy (non-hydrogen) atoms. The number of carbonyl (C=O) groups excluding carboxylic acids is 2. The molecule has 0 N–H and O–H groups in total. The fraction of sp³-hybridized carbons (Fsp3) is 0.697. The number of rotatable bonds is 14. The van der Waals surface area contributed by atoms with E-state index in [1.54, 1.807) is 0 Å². The lowest BCUT2D eigenvalue weighted by Gasteiger charge is -2.16. The Bertz CT molecular complexity index is 811. The first-order valence-corrected chi connectivity index (χ1v) is 14.9. The average Bonchev–Trinajstić information content (AvgIpc) is 3.64. The SMILES string of the molecule is C=CC1CC(/C=C/C2CCC(/C=C/C3CC(C=C)C(C(=O)OCCCC)C3)C2)C(C(=O)OCCCC)C1. The van der Waals surface area contributed by atoms with Crippen molar-refractivity contribution < 1.29 is 19.1 Å². The van der Waals surface area contributed by atoms with Crippen LogP contribution in [-0.4, -0.2) is 25.2 Å². The van der Waals surface area contributed by atoms with Crippen molar-refractivity contribution in [1.29, 1.82) is 0 Å². The molecule has 3 rings (SSSR count). The molecule has 3 aliphatic carbocycles. The van der Waals surface area contributed by atoms with E-state index in [-0.39, 0.29) is 35.6 Å². The quantitative estimate of drug-likeness (QED) is 0.136. The monoisotopic (exact) mass is 510 g/mol. The molecule has 8 atom stereocenters. The smallest absolute Gasteiger partial charge is 0.309 e. The Morgan fingerprint density at radius 3 is 1.73 bits per heavy atom. The van der Waals surface area contributed by atoms with Gasteiger partial charge < -0.3 is 9.47 Å². The number of hydrogen-bond acceptors (Lipinski definition) is 4. The molecule has 206 valence electrons. The normalized spacial score (nSPS) is 33.8. The van der Waals surface area contributed by atoms with Crippen molar-refractivity contribution in [3.8, 4) is 0 Å². The number of esters is 2. The number of unbranched alkanes of at least 4 members (excludes halogenated alkanes) is 2. The van der Waals surface area contributed by atoms with E-state index in [1.807, 2.05) is 12.2 Å². The highest BCUT2D eigenvalue weighted by Crippen LogP contribution is 2.42. The van der Waals surface area contributed by atoms with E-state index in [9.17, 15) is 9.59 Å². The Morgan fingerprint density at radius 2 is 1.16 bits per heavy atom. The lowest BCUT2D eigenvalue weighted by atomic mass is 9.93. The van der Waals surface area contributed by atoms with E-state index in [2.05, 4.69) is 51.3 Å². The van der Waals surface area contributed by atoms with Gasteiger partial charge in [0, 0.05) is 0 Å².